The summed E-state index contributed by atoms with van der Waals surface area (Å²) in [5.74, 6) is -0.145. The molecule has 1 aromatic heterocycles. The van der Waals surface area contributed by atoms with Crippen LogP contribution in [0.5, 0.6) is 0 Å². The smallest absolute Gasteiger partial charge is 0.339 e. The molecule has 2 N–H and O–H groups in total. The molecule has 0 radical (unpaired) electrons. The highest BCUT2D eigenvalue weighted by molar-refractivity contribution is 5.88. The van der Waals surface area contributed by atoms with Gasteiger partial charge < -0.3 is 14.8 Å². The first-order valence-corrected chi connectivity index (χ1v) is 7.65. The second-order valence-electron chi connectivity index (χ2n) is 5.48. The molecule has 23 heavy (non-hydrogen) atoms. The van der Waals surface area contributed by atoms with Gasteiger partial charge in [-0.2, -0.15) is 0 Å². The van der Waals surface area contributed by atoms with Crippen LogP contribution in [0.2, 0.25) is 0 Å². The Morgan fingerprint density at radius 2 is 1.96 bits per heavy atom. The first kappa shape index (κ1) is 16.8. The number of hydrogen-bond donors (Lipinski definition) is 2. The van der Waals surface area contributed by atoms with E-state index in [9.17, 15) is 9.59 Å². The zero-order valence-corrected chi connectivity index (χ0v) is 13.3. The van der Waals surface area contributed by atoms with E-state index in [1.54, 1.807) is 6.92 Å². The SMILES string of the molecule is CCC(CC(=O)NCc1cc(C(=O)O)c(C)o1)c1ccccc1. The molecule has 0 bridgehead atoms. The van der Waals surface area contributed by atoms with Crippen LogP contribution in [-0.2, 0) is 11.3 Å². The number of carbonyl (C=O) groups is 2. The van der Waals surface area contributed by atoms with Crippen LogP contribution in [0.3, 0.4) is 0 Å². The largest absolute Gasteiger partial charge is 0.478 e. The van der Waals surface area contributed by atoms with Gasteiger partial charge >= 0.3 is 5.97 Å². The summed E-state index contributed by atoms with van der Waals surface area (Å²) in [6, 6.07) is 11.4. The van der Waals surface area contributed by atoms with Gasteiger partial charge in [-0.1, -0.05) is 37.3 Å². The minimum absolute atomic E-state index is 0.0772. The van der Waals surface area contributed by atoms with Gasteiger partial charge in [0.05, 0.1) is 6.54 Å². The second kappa shape index (κ2) is 7.63. The van der Waals surface area contributed by atoms with Crippen LogP contribution in [0.15, 0.2) is 40.8 Å². The molecule has 0 aliphatic heterocycles. The molecule has 1 aromatic carbocycles. The number of benzene rings is 1. The van der Waals surface area contributed by atoms with Gasteiger partial charge in [-0.3, -0.25) is 4.79 Å². The third-order valence-electron chi connectivity index (χ3n) is 3.85. The Balaban J connectivity index is 1.92. The molecule has 5 heteroatoms. The summed E-state index contributed by atoms with van der Waals surface area (Å²) in [5, 5.41) is 11.8. The second-order valence-corrected chi connectivity index (χ2v) is 5.48. The first-order chi connectivity index (χ1) is 11.0. The first-order valence-electron chi connectivity index (χ1n) is 7.65. The summed E-state index contributed by atoms with van der Waals surface area (Å²) < 4.78 is 5.35. The van der Waals surface area contributed by atoms with E-state index in [0.717, 1.165) is 12.0 Å². The molecule has 2 aromatic rings. The minimum atomic E-state index is -1.03. The van der Waals surface area contributed by atoms with Gasteiger partial charge in [0.15, 0.2) is 0 Å². The molecule has 1 atom stereocenters. The standard InChI is InChI=1S/C18H21NO4/c1-3-13(14-7-5-4-6-8-14)9-17(20)19-11-15-10-16(18(21)22)12(2)23-15/h4-8,10,13H,3,9,11H2,1-2H3,(H,19,20)(H,21,22). The van der Waals surface area contributed by atoms with Crippen molar-refractivity contribution in [2.75, 3.05) is 0 Å². The number of aromatic carboxylic acids is 1. The zero-order chi connectivity index (χ0) is 16.8. The Kier molecular flexibility index (Phi) is 5.57. The van der Waals surface area contributed by atoms with Crippen molar-refractivity contribution in [1.82, 2.24) is 5.32 Å². The molecule has 0 aliphatic carbocycles. The van der Waals surface area contributed by atoms with E-state index in [4.69, 9.17) is 9.52 Å². The van der Waals surface area contributed by atoms with Crippen molar-refractivity contribution in [3.8, 4) is 0 Å². The fraction of sp³-hybridized carbons (Fsp3) is 0.333. The number of furan rings is 1. The molecular weight excluding hydrogens is 294 g/mol. The molecule has 1 heterocycles. The van der Waals surface area contributed by atoms with E-state index < -0.39 is 5.97 Å². The highest BCUT2D eigenvalue weighted by atomic mass is 16.4. The van der Waals surface area contributed by atoms with Crippen LogP contribution in [0.25, 0.3) is 0 Å². The fourth-order valence-corrected chi connectivity index (χ4v) is 2.55. The van der Waals surface area contributed by atoms with E-state index in [2.05, 4.69) is 12.2 Å². The Morgan fingerprint density at radius 1 is 1.26 bits per heavy atom. The Labute approximate surface area is 135 Å². The maximum atomic E-state index is 12.1. The summed E-state index contributed by atoms with van der Waals surface area (Å²) in [7, 11) is 0. The lowest BCUT2D eigenvalue weighted by Crippen LogP contribution is -2.24. The van der Waals surface area contributed by atoms with Crippen molar-refractivity contribution in [2.45, 2.75) is 39.2 Å². The molecule has 5 nitrogen and oxygen atoms in total. The summed E-state index contributed by atoms with van der Waals surface area (Å²) in [5.41, 5.74) is 1.28. The lowest BCUT2D eigenvalue weighted by Gasteiger charge is -2.14. The molecule has 1 unspecified atom stereocenters. The van der Waals surface area contributed by atoms with Crippen LogP contribution in [0, 0.1) is 6.92 Å². The number of hydrogen-bond acceptors (Lipinski definition) is 3. The van der Waals surface area contributed by atoms with Gasteiger partial charge in [0.1, 0.15) is 17.1 Å². The Bertz CT molecular complexity index is 676. The lowest BCUT2D eigenvalue weighted by molar-refractivity contribution is -0.121. The maximum Gasteiger partial charge on any atom is 0.339 e. The van der Waals surface area contributed by atoms with Crippen molar-refractivity contribution >= 4 is 11.9 Å². The average Bonchev–Trinajstić information content (AvgIpc) is 2.92. The number of carboxylic acids is 1. The van der Waals surface area contributed by atoms with Crippen molar-refractivity contribution in [1.29, 1.82) is 0 Å². The fourth-order valence-electron chi connectivity index (χ4n) is 2.55. The van der Waals surface area contributed by atoms with Gasteiger partial charge in [-0.25, -0.2) is 4.79 Å². The highest BCUT2D eigenvalue weighted by Crippen LogP contribution is 2.23. The van der Waals surface area contributed by atoms with Gasteiger partial charge in [0.2, 0.25) is 5.91 Å². The summed E-state index contributed by atoms with van der Waals surface area (Å²) in [6.07, 6.45) is 1.27. The van der Waals surface area contributed by atoms with Crippen LogP contribution >= 0.6 is 0 Å². The van der Waals surface area contributed by atoms with Crippen molar-refractivity contribution in [2.24, 2.45) is 0 Å². The Morgan fingerprint density at radius 3 is 2.52 bits per heavy atom. The van der Waals surface area contributed by atoms with Crippen LogP contribution in [0.1, 0.15) is 53.1 Å². The van der Waals surface area contributed by atoms with E-state index in [0.29, 0.717) is 17.9 Å². The molecule has 0 saturated heterocycles. The summed E-state index contributed by atoms with van der Waals surface area (Å²) in [6.45, 7) is 3.84. The van der Waals surface area contributed by atoms with Crippen LogP contribution in [-0.4, -0.2) is 17.0 Å². The molecule has 122 valence electrons. The molecule has 1 amide bonds. The Hall–Kier alpha value is -2.56. The molecular formula is C18H21NO4. The normalized spacial score (nSPS) is 11.9. The molecule has 0 saturated carbocycles. The van der Waals surface area contributed by atoms with E-state index >= 15 is 0 Å². The topological polar surface area (TPSA) is 79.5 Å². The van der Waals surface area contributed by atoms with Gasteiger partial charge in [0, 0.05) is 6.42 Å². The van der Waals surface area contributed by atoms with Gasteiger partial charge in [-0.15, -0.1) is 0 Å². The number of rotatable bonds is 7. The van der Waals surface area contributed by atoms with E-state index in [1.165, 1.54) is 6.07 Å². The number of carbonyl (C=O) groups excluding carboxylic acids is 1. The quantitative estimate of drug-likeness (QED) is 0.819. The average molecular weight is 315 g/mol. The van der Waals surface area contributed by atoms with Gasteiger partial charge in [0.25, 0.3) is 0 Å². The molecule has 0 aliphatic rings. The number of carboxylic acid groups (broad SMARTS) is 1. The minimum Gasteiger partial charge on any atom is -0.478 e. The predicted octanol–water partition coefficient (Wildman–Crippen LogP) is 3.49. The third kappa shape index (κ3) is 4.45. The number of aryl methyl sites for hydroxylation is 1. The van der Waals surface area contributed by atoms with E-state index in [-0.39, 0.29) is 23.9 Å². The van der Waals surface area contributed by atoms with Crippen molar-refractivity contribution in [3.05, 3.63) is 59.0 Å². The van der Waals surface area contributed by atoms with Gasteiger partial charge in [-0.05, 0) is 30.9 Å². The maximum absolute atomic E-state index is 12.1. The van der Waals surface area contributed by atoms with Crippen molar-refractivity contribution < 1.29 is 19.1 Å². The summed E-state index contributed by atoms with van der Waals surface area (Å²) in [4.78, 5) is 23.1. The molecule has 0 spiro atoms. The predicted molar refractivity (Wildman–Crippen MR) is 86.3 cm³/mol. The highest BCUT2D eigenvalue weighted by Gasteiger charge is 2.16. The van der Waals surface area contributed by atoms with Crippen LogP contribution < -0.4 is 5.32 Å². The number of amides is 1. The van der Waals surface area contributed by atoms with E-state index in [1.807, 2.05) is 30.3 Å². The van der Waals surface area contributed by atoms with Crippen LogP contribution in [0.4, 0.5) is 0 Å². The monoisotopic (exact) mass is 315 g/mol. The van der Waals surface area contributed by atoms with Crippen molar-refractivity contribution in [3.63, 3.8) is 0 Å². The number of nitrogens with one attached hydrogen (secondary N) is 1. The third-order valence-corrected chi connectivity index (χ3v) is 3.85. The molecule has 2 rings (SSSR count). The molecule has 0 fully saturated rings. The lowest BCUT2D eigenvalue weighted by atomic mass is 9.93. The zero-order valence-electron chi connectivity index (χ0n) is 13.3. The summed E-state index contributed by atoms with van der Waals surface area (Å²) >= 11 is 0.